The molecule has 0 amide bonds. The lowest BCUT2D eigenvalue weighted by Gasteiger charge is -2.22. The third-order valence-corrected chi connectivity index (χ3v) is 7.93. The largest absolute Gasteiger partial charge is 0.416 e. The lowest BCUT2D eigenvalue weighted by atomic mass is 10.0. The summed E-state index contributed by atoms with van der Waals surface area (Å²) >= 11 is 6.71. The Bertz CT molecular complexity index is 1390. The number of fused-ring (bicyclic) bond motifs is 2. The van der Waals surface area contributed by atoms with Gasteiger partial charge in [0.25, 0.3) is 11.2 Å². The maximum Gasteiger partial charge on any atom is 0.416 e. The SMILES string of the molecule is O=c1nc(N2CC3CN(Cc4cccc(Cl)c4F)CC3C2)sc2c([N+](=O)[O-])cc(C(F)(F)F)cc12. The van der Waals surface area contributed by atoms with Crippen molar-refractivity contribution in [2.24, 2.45) is 11.8 Å². The summed E-state index contributed by atoms with van der Waals surface area (Å²) < 4.78 is 53.7. The van der Waals surface area contributed by atoms with E-state index in [0.717, 1.165) is 11.3 Å². The normalized spacial score (nSPS) is 20.5. The molecule has 2 saturated heterocycles. The van der Waals surface area contributed by atoms with Gasteiger partial charge in [0, 0.05) is 44.4 Å². The van der Waals surface area contributed by atoms with E-state index in [4.69, 9.17) is 11.6 Å². The van der Waals surface area contributed by atoms with Crippen LogP contribution in [-0.2, 0) is 12.7 Å². The number of non-ortho nitro benzene ring substituents is 1. The molecule has 0 saturated carbocycles. The molecular formula is C22H17ClF4N4O3S. The average Bonchev–Trinajstić information content (AvgIpc) is 3.34. The molecule has 2 unspecified atom stereocenters. The number of aromatic nitrogens is 1. The Balaban J connectivity index is 1.38. The molecule has 2 aliphatic rings. The van der Waals surface area contributed by atoms with Gasteiger partial charge in [-0.15, -0.1) is 0 Å². The van der Waals surface area contributed by atoms with E-state index in [1.165, 1.54) is 6.07 Å². The fourth-order valence-corrected chi connectivity index (χ4v) is 6.14. The van der Waals surface area contributed by atoms with Crippen LogP contribution in [0.5, 0.6) is 0 Å². The highest BCUT2D eigenvalue weighted by molar-refractivity contribution is 7.22. The predicted octanol–water partition coefficient (Wildman–Crippen LogP) is 4.94. The lowest BCUT2D eigenvalue weighted by Crippen LogP contribution is -2.29. The highest BCUT2D eigenvalue weighted by Gasteiger charge is 2.41. The van der Waals surface area contributed by atoms with Gasteiger partial charge in [-0.05, 0) is 24.0 Å². The van der Waals surface area contributed by atoms with Gasteiger partial charge in [0.05, 0.1) is 20.9 Å². The summed E-state index contributed by atoms with van der Waals surface area (Å²) in [6.07, 6.45) is -4.83. The number of rotatable bonds is 4. The third-order valence-electron chi connectivity index (χ3n) is 6.47. The fourth-order valence-electron chi connectivity index (χ4n) is 4.86. The average molecular weight is 529 g/mol. The second-order valence-electron chi connectivity index (χ2n) is 8.76. The predicted molar refractivity (Wildman–Crippen MR) is 123 cm³/mol. The maximum atomic E-state index is 14.3. The molecule has 3 aromatic rings. The molecule has 0 aliphatic carbocycles. The number of nitro groups is 1. The topological polar surface area (TPSA) is 79.6 Å². The molecule has 2 fully saturated rings. The first-order valence-corrected chi connectivity index (χ1v) is 11.8. The smallest absolute Gasteiger partial charge is 0.347 e. The quantitative estimate of drug-likeness (QED) is 0.271. The summed E-state index contributed by atoms with van der Waals surface area (Å²) in [7, 11) is 0. The van der Waals surface area contributed by atoms with E-state index in [0.29, 0.717) is 50.4 Å². The minimum Gasteiger partial charge on any atom is -0.347 e. The van der Waals surface area contributed by atoms with Gasteiger partial charge in [-0.2, -0.15) is 18.2 Å². The molecular weight excluding hydrogens is 512 g/mol. The van der Waals surface area contributed by atoms with Crippen molar-refractivity contribution in [3.63, 3.8) is 0 Å². The van der Waals surface area contributed by atoms with Crippen LogP contribution in [0.1, 0.15) is 11.1 Å². The highest BCUT2D eigenvalue weighted by atomic mass is 35.5. The first-order chi connectivity index (χ1) is 16.5. The first kappa shape index (κ1) is 23.9. The number of nitro benzene ring substituents is 1. The number of hydrogen-bond donors (Lipinski definition) is 0. The Hall–Kier alpha value is -2.83. The second-order valence-corrected chi connectivity index (χ2v) is 10.1. The summed E-state index contributed by atoms with van der Waals surface area (Å²) in [6.45, 7) is 2.84. The van der Waals surface area contributed by atoms with Gasteiger partial charge in [-0.1, -0.05) is 35.1 Å². The molecule has 3 heterocycles. The summed E-state index contributed by atoms with van der Waals surface area (Å²) in [5.74, 6) is -0.0208. The van der Waals surface area contributed by atoms with E-state index < -0.39 is 39.1 Å². The van der Waals surface area contributed by atoms with Crippen LogP contribution in [0.4, 0.5) is 28.4 Å². The summed E-state index contributed by atoms with van der Waals surface area (Å²) in [6, 6.07) is 5.95. The number of benzene rings is 2. The van der Waals surface area contributed by atoms with E-state index in [1.54, 1.807) is 12.1 Å². The highest BCUT2D eigenvalue weighted by Crippen LogP contribution is 2.40. The fraction of sp³-hybridized carbons (Fsp3) is 0.364. The van der Waals surface area contributed by atoms with Crippen molar-refractivity contribution in [1.29, 1.82) is 0 Å². The molecule has 2 atom stereocenters. The van der Waals surface area contributed by atoms with Crippen molar-refractivity contribution in [2.75, 3.05) is 31.1 Å². The Morgan fingerprint density at radius 3 is 2.49 bits per heavy atom. The molecule has 2 aromatic carbocycles. The molecule has 1 aromatic heterocycles. The standard InChI is InChI=1S/C22H17ClF4N4O3S/c23-16-3-1-2-11(18(16)24)6-29-7-12-9-30(10-13(12)8-29)21-28-20(32)15-4-14(22(25,26)27)5-17(31(33)34)19(15)35-21/h1-5,12-13H,6-10H2. The molecule has 7 nitrogen and oxygen atoms in total. The Kier molecular flexibility index (Phi) is 5.93. The van der Waals surface area contributed by atoms with Gasteiger partial charge >= 0.3 is 6.18 Å². The molecule has 13 heteroatoms. The van der Waals surface area contributed by atoms with Crippen LogP contribution in [-0.4, -0.2) is 41.0 Å². The molecule has 184 valence electrons. The number of halogens is 5. The lowest BCUT2D eigenvalue weighted by molar-refractivity contribution is -0.383. The second kappa shape index (κ2) is 8.68. The summed E-state index contributed by atoms with van der Waals surface area (Å²) in [4.78, 5) is 31.1. The Morgan fingerprint density at radius 1 is 1.17 bits per heavy atom. The first-order valence-electron chi connectivity index (χ1n) is 10.6. The maximum absolute atomic E-state index is 14.3. The van der Waals surface area contributed by atoms with Crippen molar-refractivity contribution in [3.05, 3.63) is 72.8 Å². The number of likely N-dealkylation sites (tertiary alicyclic amines) is 1. The molecule has 35 heavy (non-hydrogen) atoms. The molecule has 0 radical (unpaired) electrons. The number of hydrogen-bond acceptors (Lipinski definition) is 7. The summed E-state index contributed by atoms with van der Waals surface area (Å²) in [5.41, 5.74) is -2.45. The van der Waals surface area contributed by atoms with Gasteiger partial charge < -0.3 is 4.90 Å². The van der Waals surface area contributed by atoms with Crippen molar-refractivity contribution in [1.82, 2.24) is 9.88 Å². The number of alkyl halides is 3. The minimum absolute atomic E-state index is 0.0711. The molecule has 0 spiro atoms. The van der Waals surface area contributed by atoms with Gasteiger partial charge in [0.1, 0.15) is 10.5 Å². The van der Waals surface area contributed by atoms with Crippen LogP contribution in [0.3, 0.4) is 0 Å². The molecule has 2 aliphatic heterocycles. The zero-order chi connectivity index (χ0) is 25.1. The van der Waals surface area contributed by atoms with Crippen molar-refractivity contribution >= 4 is 43.8 Å². The van der Waals surface area contributed by atoms with E-state index in [2.05, 4.69) is 9.88 Å². The van der Waals surface area contributed by atoms with Gasteiger partial charge in [-0.3, -0.25) is 19.8 Å². The summed E-state index contributed by atoms with van der Waals surface area (Å²) in [5, 5.41) is 11.4. The van der Waals surface area contributed by atoms with Crippen LogP contribution >= 0.6 is 22.9 Å². The zero-order valence-electron chi connectivity index (χ0n) is 17.9. The number of anilines is 1. The van der Waals surface area contributed by atoms with Gasteiger partial charge in [0.15, 0.2) is 5.13 Å². The van der Waals surface area contributed by atoms with E-state index in [1.807, 2.05) is 4.90 Å². The van der Waals surface area contributed by atoms with Crippen LogP contribution in [0.15, 0.2) is 35.1 Å². The molecule has 0 N–H and O–H groups in total. The van der Waals surface area contributed by atoms with E-state index in [-0.39, 0.29) is 26.7 Å². The van der Waals surface area contributed by atoms with Crippen LogP contribution in [0.25, 0.3) is 10.1 Å². The Labute approximate surface area is 204 Å². The molecule has 5 rings (SSSR count). The van der Waals surface area contributed by atoms with Crippen LogP contribution < -0.4 is 10.5 Å². The monoisotopic (exact) mass is 528 g/mol. The van der Waals surface area contributed by atoms with E-state index in [9.17, 15) is 32.5 Å². The van der Waals surface area contributed by atoms with Crippen molar-refractivity contribution in [2.45, 2.75) is 12.7 Å². The number of nitrogens with zero attached hydrogens (tertiary/aromatic N) is 4. The molecule has 0 bridgehead atoms. The van der Waals surface area contributed by atoms with Crippen molar-refractivity contribution < 1.29 is 22.5 Å². The minimum atomic E-state index is -4.83. The van der Waals surface area contributed by atoms with Crippen LogP contribution in [0, 0.1) is 27.8 Å². The van der Waals surface area contributed by atoms with Gasteiger partial charge in [0.2, 0.25) is 0 Å². The van der Waals surface area contributed by atoms with Crippen LogP contribution in [0.2, 0.25) is 5.02 Å². The van der Waals surface area contributed by atoms with Crippen molar-refractivity contribution in [3.8, 4) is 0 Å². The van der Waals surface area contributed by atoms with E-state index >= 15 is 0 Å². The Morgan fingerprint density at radius 2 is 1.86 bits per heavy atom. The van der Waals surface area contributed by atoms with Gasteiger partial charge in [-0.25, -0.2) is 4.39 Å². The third kappa shape index (κ3) is 4.45. The zero-order valence-corrected chi connectivity index (χ0v) is 19.5.